The number of thioether (sulfide) groups is 1. The Morgan fingerprint density at radius 1 is 1.13 bits per heavy atom. The van der Waals surface area contributed by atoms with E-state index in [4.69, 9.17) is 4.74 Å². The number of pyridine rings is 1. The zero-order valence-electron chi connectivity index (χ0n) is 18.9. The van der Waals surface area contributed by atoms with Gasteiger partial charge in [-0.15, -0.1) is 0 Å². The van der Waals surface area contributed by atoms with E-state index in [1.165, 1.54) is 18.2 Å². The zero-order chi connectivity index (χ0) is 21.9. The summed E-state index contributed by atoms with van der Waals surface area (Å²) in [5, 5.41) is 1.30. The van der Waals surface area contributed by atoms with Crippen LogP contribution in [-0.2, 0) is 11.3 Å². The summed E-state index contributed by atoms with van der Waals surface area (Å²) in [6.07, 6.45) is 7.20. The molecule has 2 aromatic rings. The number of carbonyl (C=O) groups is 1. The zero-order valence-corrected chi connectivity index (χ0v) is 19.7. The smallest absolute Gasteiger partial charge is 0.253 e. The molecule has 0 aliphatic rings. The average molecular weight is 433 g/mol. The van der Waals surface area contributed by atoms with Gasteiger partial charge in [0.15, 0.2) is 5.12 Å². The first kappa shape index (κ1) is 24.3. The van der Waals surface area contributed by atoms with Crippen molar-refractivity contribution in [2.24, 2.45) is 0 Å². The van der Waals surface area contributed by atoms with E-state index in [-0.39, 0.29) is 5.56 Å². The van der Waals surface area contributed by atoms with Gasteiger partial charge in [0.2, 0.25) is 0 Å². The maximum Gasteiger partial charge on any atom is 0.253 e. The van der Waals surface area contributed by atoms with E-state index >= 15 is 0 Å². The van der Waals surface area contributed by atoms with Gasteiger partial charge in [0.1, 0.15) is 5.75 Å². The van der Waals surface area contributed by atoms with Gasteiger partial charge in [-0.3, -0.25) is 9.59 Å². The van der Waals surface area contributed by atoms with Crippen molar-refractivity contribution in [3.63, 3.8) is 0 Å². The van der Waals surface area contributed by atoms with Crippen molar-refractivity contribution in [1.29, 1.82) is 0 Å². The lowest BCUT2D eigenvalue weighted by atomic mass is 10.1. The summed E-state index contributed by atoms with van der Waals surface area (Å²) < 4.78 is 7.47. The predicted molar refractivity (Wildman–Crippen MR) is 129 cm³/mol. The second-order valence-corrected chi connectivity index (χ2v) is 8.79. The van der Waals surface area contributed by atoms with Crippen molar-refractivity contribution in [3.8, 4) is 5.75 Å². The Hall–Kier alpha value is -1.95. The van der Waals surface area contributed by atoms with Crippen LogP contribution in [0.15, 0.2) is 29.1 Å². The molecule has 0 radical (unpaired) electrons. The molecule has 1 aromatic heterocycles. The normalized spacial score (nSPS) is 11.1. The second-order valence-electron chi connectivity index (χ2n) is 7.64. The molecule has 30 heavy (non-hydrogen) atoms. The van der Waals surface area contributed by atoms with Gasteiger partial charge in [-0.25, -0.2) is 0 Å². The van der Waals surface area contributed by atoms with Gasteiger partial charge in [0.25, 0.3) is 5.56 Å². The van der Waals surface area contributed by atoms with Crippen molar-refractivity contribution in [1.82, 2.24) is 4.57 Å². The maximum absolute atomic E-state index is 12.8. The quantitative estimate of drug-likeness (QED) is 0.393. The number of hydrogen-bond donors (Lipinski definition) is 0. The lowest BCUT2D eigenvalue weighted by Crippen LogP contribution is -2.25. The van der Waals surface area contributed by atoms with Gasteiger partial charge in [0.05, 0.1) is 23.7 Å². The Morgan fingerprint density at radius 3 is 2.57 bits per heavy atom. The van der Waals surface area contributed by atoms with Crippen LogP contribution in [0.2, 0.25) is 0 Å². The van der Waals surface area contributed by atoms with Crippen molar-refractivity contribution in [2.45, 2.75) is 65.3 Å². The van der Waals surface area contributed by atoms with Crippen molar-refractivity contribution < 1.29 is 9.53 Å². The number of carbonyl (C=O) groups excluding carboxylic acids is 1. The summed E-state index contributed by atoms with van der Waals surface area (Å²) >= 11 is 1.46. The number of nitrogens with zero attached hydrogens (tertiary/aromatic N) is 2. The molecule has 1 aromatic carbocycles. The van der Waals surface area contributed by atoms with Crippen molar-refractivity contribution in [3.05, 3.63) is 34.6 Å². The van der Waals surface area contributed by atoms with Gasteiger partial charge >= 0.3 is 0 Å². The van der Waals surface area contributed by atoms with Gasteiger partial charge in [-0.1, -0.05) is 50.9 Å². The number of anilines is 1. The van der Waals surface area contributed by atoms with E-state index in [1.807, 2.05) is 29.7 Å². The molecule has 0 fully saturated rings. The molecule has 1 heterocycles. The van der Waals surface area contributed by atoms with Gasteiger partial charge < -0.3 is 14.2 Å². The third-order valence-corrected chi connectivity index (χ3v) is 6.45. The summed E-state index contributed by atoms with van der Waals surface area (Å²) in [4.78, 5) is 26.2. The number of rotatable bonds is 13. The predicted octanol–water partition coefficient (Wildman–Crippen LogP) is 5.48. The summed E-state index contributed by atoms with van der Waals surface area (Å²) in [5.74, 6) is 1.74. The molecule has 5 nitrogen and oxygen atoms in total. The SMILES string of the molecule is CCCn1c(=O)cc(N(C)CCCCCCCSC(=O)CC)c2c(OC)cccc21. The molecule has 0 saturated heterocycles. The van der Waals surface area contributed by atoms with Crippen LogP contribution < -0.4 is 15.2 Å². The molecule has 6 heteroatoms. The lowest BCUT2D eigenvalue weighted by Gasteiger charge is -2.23. The highest BCUT2D eigenvalue weighted by Crippen LogP contribution is 2.33. The third kappa shape index (κ3) is 6.53. The number of aromatic nitrogens is 1. The fraction of sp³-hybridized carbons (Fsp3) is 0.583. The number of fused-ring (bicyclic) bond motifs is 1. The molecule has 0 aliphatic carbocycles. The Bertz CT molecular complexity index is 879. The van der Waals surface area contributed by atoms with Gasteiger partial charge in [-0.2, -0.15) is 0 Å². The lowest BCUT2D eigenvalue weighted by molar-refractivity contribution is -0.110. The maximum atomic E-state index is 12.8. The van der Waals surface area contributed by atoms with E-state index in [1.54, 1.807) is 13.2 Å². The molecule has 0 aliphatic heterocycles. The molecular weight excluding hydrogens is 396 g/mol. The highest BCUT2D eigenvalue weighted by atomic mass is 32.2. The summed E-state index contributed by atoms with van der Waals surface area (Å²) in [7, 11) is 3.73. The van der Waals surface area contributed by atoms with E-state index in [0.29, 0.717) is 18.1 Å². The molecule has 2 rings (SSSR count). The monoisotopic (exact) mass is 432 g/mol. The Kier molecular flexibility index (Phi) is 10.3. The Labute approximate surface area is 184 Å². The summed E-state index contributed by atoms with van der Waals surface area (Å²) in [5.41, 5.74) is 1.91. The van der Waals surface area contributed by atoms with Crippen molar-refractivity contribution in [2.75, 3.05) is 31.4 Å². The minimum absolute atomic E-state index is 0.0404. The van der Waals surface area contributed by atoms with Crippen molar-refractivity contribution >= 4 is 33.5 Å². The summed E-state index contributed by atoms with van der Waals surface area (Å²) in [6.45, 7) is 5.59. The highest BCUT2D eigenvalue weighted by Gasteiger charge is 2.15. The number of ether oxygens (including phenoxy) is 1. The molecule has 0 N–H and O–H groups in total. The molecule has 0 bridgehead atoms. The van der Waals surface area contributed by atoms with Crippen LogP contribution in [0.1, 0.15) is 58.8 Å². The van der Waals surface area contributed by atoms with E-state index in [9.17, 15) is 9.59 Å². The topological polar surface area (TPSA) is 51.5 Å². The molecular formula is C24H36N2O3S. The van der Waals surface area contributed by atoms with E-state index in [0.717, 1.165) is 66.7 Å². The average Bonchev–Trinajstić information content (AvgIpc) is 2.76. The second kappa shape index (κ2) is 12.7. The minimum atomic E-state index is 0.0404. The number of unbranched alkanes of at least 4 members (excludes halogenated alkanes) is 4. The number of methoxy groups -OCH3 is 1. The first-order valence-corrected chi connectivity index (χ1v) is 12.1. The van der Waals surface area contributed by atoms with Crippen LogP contribution in [0.3, 0.4) is 0 Å². The number of benzene rings is 1. The fourth-order valence-electron chi connectivity index (χ4n) is 3.70. The highest BCUT2D eigenvalue weighted by molar-refractivity contribution is 8.13. The van der Waals surface area contributed by atoms with Gasteiger partial charge in [0, 0.05) is 38.4 Å². The summed E-state index contributed by atoms with van der Waals surface area (Å²) in [6, 6.07) is 7.67. The first-order chi connectivity index (χ1) is 14.5. The third-order valence-electron chi connectivity index (χ3n) is 5.35. The standard InChI is InChI=1S/C24H36N2O3S/c1-5-15-26-19-13-12-14-21(29-4)24(19)20(18-22(26)27)25(3)16-10-8-7-9-11-17-30-23(28)6-2/h12-14,18H,5-11,15-17H2,1-4H3. The fourth-order valence-corrected chi connectivity index (χ4v) is 4.48. The molecule has 0 atom stereocenters. The van der Waals surface area contributed by atoms with Crippen LogP contribution in [0.25, 0.3) is 10.9 Å². The Balaban J connectivity index is 1.99. The van der Waals surface area contributed by atoms with Crippen LogP contribution in [0.5, 0.6) is 5.75 Å². The van der Waals surface area contributed by atoms with Crippen LogP contribution in [0.4, 0.5) is 5.69 Å². The molecule has 0 unspecified atom stereocenters. The molecule has 0 saturated carbocycles. The number of aryl methyl sites for hydroxylation is 1. The van der Waals surface area contributed by atoms with Gasteiger partial charge in [-0.05, 0) is 31.4 Å². The van der Waals surface area contributed by atoms with E-state index in [2.05, 4.69) is 18.9 Å². The minimum Gasteiger partial charge on any atom is -0.496 e. The van der Waals surface area contributed by atoms with Crippen LogP contribution >= 0.6 is 11.8 Å². The van der Waals surface area contributed by atoms with Crippen LogP contribution in [-0.4, -0.2) is 36.1 Å². The van der Waals surface area contributed by atoms with Crippen LogP contribution in [0, 0.1) is 0 Å². The molecule has 0 amide bonds. The Morgan fingerprint density at radius 2 is 1.87 bits per heavy atom. The number of hydrogen-bond acceptors (Lipinski definition) is 5. The largest absolute Gasteiger partial charge is 0.496 e. The molecule has 166 valence electrons. The first-order valence-electron chi connectivity index (χ1n) is 11.1. The molecule has 0 spiro atoms. The van der Waals surface area contributed by atoms with E-state index < -0.39 is 0 Å².